The van der Waals surface area contributed by atoms with Crippen LogP contribution in [0.4, 0.5) is 11.5 Å². The van der Waals surface area contributed by atoms with Gasteiger partial charge in [-0.2, -0.15) is 0 Å². The highest BCUT2D eigenvalue weighted by Gasteiger charge is 2.37. The lowest BCUT2D eigenvalue weighted by Crippen LogP contribution is -2.46. The number of nitrogens with zero attached hydrogens (tertiary/aromatic N) is 5. The number of anilines is 1. The van der Waals surface area contributed by atoms with E-state index in [9.17, 15) is 15.0 Å². The number of aliphatic imine (C=N–C) groups is 1. The first-order chi connectivity index (χ1) is 16.5. The average Bonchev–Trinajstić information content (AvgIpc) is 3.35. The van der Waals surface area contributed by atoms with Crippen molar-refractivity contribution in [2.45, 2.75) is 18.6 Å². The van der Waals surface area contributed by atoms with Crippen LogP contribution in [0.15, 0.2) is 35.6 Å². The molecule has 0 spiro atoms. The van der Waals surface area contributed by atoms with Crippen molar-refractivity contribution < 1.29 is 19.7 Å². The topological polar surface area (TPSA) is 139 Å². The lowest BCUT2D eigenvalue weighted by atomic mass is 10.1. The monoisotopic (exact) mass is 465 g/mol. The molecule has 4 heterocycles. The van der Waals surface area contributed by atoms with E-state index in [4.69, 9.17) is 4.74 Å². The van der Waals surface area contributed by atoms with Crippen LogP contribution in [0, 0.1) is 0 Å². The summed E-state index contributed by atoms with van der Waals surface area (Å²) in [6.45, 7) is 2.21. The number of hydrogen-bond donors (Lipinski definition) is 4. The Kier molecular flexibility index (Phi) is 6.03. The molecule has 11 heteroatoms. The summed E-state index contributed by atoms with van der Waals surface area (Å²) in [6, 6.07) is 6.93. The van der Waals surface area contributed by atoms with E-state index in [1.165, 1.54) is 6.33 Å². The number of rotatable bonds is 0. The highest BCUT2D eigenvalue weighted by Crippen LogP contribution is 2.30. The normalized spacial score (nSPS) is 22.1. The van der Waals surface area contributed by atoms with Crippen LogP contribution in [0.25, 0.3) is 11.0 Å². The molecule has 1 aromatic carbocycles. The molecule has 178 valence electrons. The van der Waals surface area contributed by atoms with E-state index in [0.29, 0.717) is 73.1 Å². The molecule has 0 unspecified atom stereocenters. The van der Waals surface area contributed by atoms with E-state index >= 15 is 0 Å². The van der Waals surface area contributed by atoms with Crippen molar-refractivity contribution in [1.29, 1.82) is 0 Å². The van der Waals surface area contributed by atoms with E-state index in [0.717, 1.165) is 0 Å². The highest BCUT2D eigenvalue weighted by atomic mass is 16.5. The fourth-order valence-electron chi connectivity index (χ4n) is 4.46. The quantitative estimate of drug-likeness (QED) is 0.387. The van der Waals surface area contributed by atoms with Gasteiger partial charge in [0.1, 0.15) is 30.1 Å². The molecule has 2 aliphatic heterocycles. The van der Waals surface area contributed by atoms with Gasteiger partial charge in [-0.1, -0.05) is 6.07 Å². The molecule has 2 aliphatic rings. The molecule has 1 saturated heterocycles. The third kappa shape index (κ3) is 4.39. The lowest BCUT2D eigenvalue weighted by molar-refractivity contribution is -0.134. The Balaban J connectivity index is 1.50. The molecule has 0 saturated carbocycles. The number of amides is 1. The van der Waals surface area contributed by atoms with Crippen LogP contribution in [0.3, 0.4) is 0 Å². The summed E-state index contributed by atoms with van der Waals surface area (Å²) >= 11 is 0. The third-order valence-corrected chi connectivity index (χ3v) is 6.20. The molecular weight excluding hydrogens is 438 g/mol. The van der Waals surface area contributed by atoms with Crippen molar-refractivity contribution >= 4 is 34.7 Å². The third-order valence-electron chi connectivity index (χ3n) is 6.20. The number of likely N-dealkylation sites (N-methyl/N-ethyl adjacent to an activating group) is 1. The molecule has 1 fully saturated rings. The molecule has 3 aromatic rings. The van der Waals surface area contributed by atoms with Gasteiger partial charge in [-0.15, -0.1) is 0 Å². The van der Waals surface area contributed by atoms with Crippen LogP contribution in [-0.2, 0) is 4.79 Å². The Labute approximate surface area is 196 Å². The van der Waals surface area contributed by atoms with Gasteiger partial charge in [-0.25, -0.2) is 9.97 Å². The number of H-pyrrole nitrogens is 1. The van der Waals surface area contributed by atoms with Crippen LogP contribution in [-0.4, -0.2) is 99.1 Å². The summed E-state index contributed by atoms with van der Waals surface area (Å²) in [6.07, 6.45) is 2.83. The summed E-state index contributed by atoms with van der Waals surface area (Å²) in [7, 11) is 1.75. The van der Waals surface area contributed by atoms with Crippen LogP contribution < -0.4 is 10.1 Å². The van der Waals surface area contributed by atoms with Crippen molar-refractivity contribution in [1.82, 2.24) is 24.8 Å². The molecule has 2 aromatic heterocycles. The molecule has 5 rings (SSSR count). The molecular formula is C23H27N7O4. The number of benzene rings is 1. The number of fused-ring (bicyclic) bond motifs is 3. The summed E-state index contributed by atoms with van der Waals surface area (Å²) < 4.78 is 5.91. The Hall–Kier alpha value is -3.70. The Morgan fingerprint density at radius 2 is 2.12 bits per heavy atom. The number of nitrogens with one attached hydrogen (secondary N) is 2. The standard InChI is InChI=1S/C23H27N7O4/c1-29-6-5-24-20-19-17(22(32)28-21(19)27-13-26-20)11-25-14-3-2-4-16(9-14)34-8-7-30-12-15(31)10-18(30)23(29)33/h2-4,9,11,13,15,18,31-32H,5-8,10,12H2,1H3,(H2,24,26,27,28)/t15-,18+/m1/s1. The first-order valence-electron chi connectivity index (χ1n) is 11.2. The van der Waals surface area contributed by atoms with Gasteiger partial charge in [-0.05, 0) is 18.6 Å². The van der Waals surface area contributed by atoms with Gasteiger partial charge in [0.15, 0.2) is 5.88 Å². The first-order valence-corrected chi connectivity index (χ1v) is 11.2. The van der Waals surface area contributed by atoms with Crippen molar-refractivity contribution in [2.75, 3.05) is 45.2 Å². The summed E-state index contributed by atoms with van der Waals surface area (Å²) in [5.74, 6) is 1.07. The number of aromatic nitrogens is 3. The smallest absolute Gasteiger partial charge is 0.239 e. The van der Waals surface area contributed by atoms with E-state index in [1.807, 2.05) is 23.1 Å². The maximum Gasteiger partial charge on any atom is 0.239 e. The first kappa shape index (κ1) is 22.1. The van der Waals surface area contributed by atoms with Gasteiger partial charge in [0.2, 0.25) is 5.91 Å². The fourth-order valence-corrected chi connectivity index (χ4v) is 4.46. The van der Waals surface area contributed by atoms with E-state index < -0.39 is 12.1 Å². The zero-order chi connectivity index (χ0) is 23.7. The second-order valence-corrected chi connectivity index (χ2v) is 8.52. The number of aromatic hydroxyl groups is 1. The SMILES string of the molecule is CN1CCNc2ncnc3[nH]c(O)c(c23)C=Nc2cccc(c2)OCCN2C[C@H](O)C[C@H]2C1=O. The van der Waals surface area contributed by atoms with Crippen LogP contribution in [0.2, 0.25) is 0 Å². The number of carbonyl (C=O) groups excluding carboxylic acids is 1. The van der Waals surface area contributed by atoms with Crippen LogP contribution in [0.5, 0.6) is 11.6 Å². The number of ether oxygens (including phenoxy) is 1. The highest BCUT2D eigenvalue weighted by molar-refractivity contribution is 6.06. The van der Waals surface area contributed by atoms with Crippen molar-refractivity contribution in [3.63, 3.8) is 0 Å². The average molecular weight is 466 g/mol. The Bertz CT molecular complexity index is 1230. The number of aromatic amines is 1. The minimum absolute atomic E-state index is 0.0404. The zero-order valence-electron chi connectivity index (χ0n) is 18.8. The fraction of sp³-hybridized carbons (Fsp3) is 0.391. The van der Waals surface area contributed by atoms with Crippen LogP contribution >= 0.6 is 0 Å². The summed E-state index contributed by atoms with van der Waals surface area (Å²) in [5, 5.41) is 24.5. The minimum atomic E-state index is -0.541. The van der Waals surface area contributed by atoms with Gasteiger partial charge in [0.05, 0.1) is 28.8 Å². The maximum atomic E-state index is 13.1. The largest absolute Gasteiger partial charge is 0.494 e. The van der Waals surface area contributed by atoms with Crippen LogP contribution in [0.1, 0.15) is 12.0 Å². The number of hydrogen-bond acceptors (Lipinski definition) is 9. The molecule has 0 radical (unpaired) electrons. The van der Waals surface area contributed by atoms with Crippen molar-refractivity contribution in [3.8, 4) is 11.6 Å². The second kappa shape index (κ2) is 9.27. The van der Waals surface area contributed by atoms with E-state index in [-0.39, 0.29) is 11.8 Å². The minimum Gasteiger partial charge on any atom is -0.494 e. The summed E-state index contributed by atoms with van der Waals surface area (Å²) in [5.41, 5.74) is 1.60. The van der Waals surface area contributed by atoms with Gasteiger partial charge in [0, 0.05) is 45.5 Å². The second-order valence-electron chi connectivity index (χ2n) is 8.52. The van der Waals surface area contributed by atoms with Gasteiger partial charge < -0.3 is 30.2 Å². The summed E-state index contributed by atoms with van der Waals surface area (Å²) in [4.78, 5) is 32.7. The number of aliphatic hydroxyl groups excluding tert-OH is 1. The van der Waals surface area contributed by atoms with Crippen molar-refractivity contribution in [2.24, 2.45) is 4.99 Å². The predicted octanol–water partition coefficient (Wildman–Crippen LogP) is 1.11. The molecule has 0 aliphatic carbocycles. The van der Waals surface area contributed by atoms with Gasteiger partial charge >= 0.3 is 0 Å². The Morgan fingerprint density at radius 3 is 3.00 bits per heavy atom. The van der Waals surface area contributed by atoms with Gasteiger partial charge in [-0.3, -0.25) is 14.7 Å². The van der Waals surface area contributed by atoms with Gasteiger partial charge in [0.25, 0.3) is 0 Å². The molecule has 2 atom stereocenters. The lowest BCUT2D eigenvalue weighted by Gasteiger charge is -2.27. The number of aliphatic hydroxyl groups is 1. The molecule has 11 nitrogen and oxygen atoms in total. The molecule has 34 heavy (non-hydrogen) atoms. The molecule has 2 bridgehead atoms. The van der Waals surface area contributed by atoms with E-state index in [2.05, 4.69) is 25.3 Å². The Morgan fingerprint density at radius 1 is 1.24 bits per heavy atom. The predicted molar refractivity (Wildman–Crippen MR) is 127 cm³/mol. The van der Waals surface area contributed by atoms with Crippen molar-refractivity contribution in [3.05, 3.63) is 36.2 Å². The number of carbonyl (C=O) groups is 1. The molecule has 1 amide bonds. The zero-order valence-corrected chi connectivity index (χ0v) is 18.8. The molecule has 4 N–H and O–H groups in total. The maximum absolute atomic E-state index is 13.1. The van der Waals surface area contributed by atoms with E-state index in [1.54, 1.807) is 24.2 Å².